The molecule has 2 aliphatic rings. The summed E-state index contributed by atoms with van der Waals surface area (Å²) in [4.78, 5) is 30.4. The van der Waals surface area contributed by atoms with Crippen molar-refractivity contribution in [2.24, 2.45) is 0 Å². The van der Waals surface area contributed by atoms with Crippen molar-refractivity contribution in [2.75, 3.05) is 19.6 Å². The predicted octanol–water partition coefficient (Wildman–Crippen LogP) is 5.82. The van der Waals surface area contributed by atoms with Gasteiger partial charge in [0.25, 0.3) is 0 Å². The fraction of sp³-hybridized carbons (Fsp3) is 0.548. The lowest BCUT2D eigenvalue weighted by Gasteiger charge is -2.38. The summed E-state index contributed by atoms with van der Waals surface area (Å²) in [6.07, 6.45) is 2.51. The van der Waals surface area contributed by atoms with Crippen molar-refractivity contribution in [1.82, 2.24) is 15.1 Å². The molecule has 2 fully saturated rings. The summed E-state index contributed by atoms with van der Waals surface area (Å²) < 4.78 is 5.57. The smallest absolute Gasteiger partial charge is 0.410 e. The van der Waals surface area contributed by atoms with Crippen LogP contribution in [0.4, 0.5) is 4.79 Å². The van der Waals surface area contributed by atoms with E-state index < -0.39 is 11.1 Å². The van der Waals surface area contributed by atoms with Crippen molar-refractivity contribution in [3.63, 3.8) is 0 Å². The number of rotatable bonds is 5. The van der Waals surface area contributed by atoms with Crippen LogP contribution in [-0.4, -0.2) is 52.6 Å². The number of likely N-dealkylation sites (tertiary alicyclic amines) is 1. The Morgan fingerprint density at radius 2 is 1.59 bits per heavy atom. The standard InChI is InChI=1S/C31H43N3O3/c1-29(2,3)25-16-14-24(15-17-25)26-32-31(18-21-33(22-19-31)28(36)37-30(4,5)6)27(35)34(26)20-10-13-23-11-8-7-9-12-23/h7-9,11-12,14-17,26,32H,10,13,18-22H2,1-6H3. The zero-order valence-electron chi connectivity index (χ0n) is 23.3. The van der Waals surface area contributed by atoms with E-state index in [0.717, 1.165) is 18.4 Å². The molecule has 2 heterocycles. The second kappa shape index (κ2) is 10.5. The minimum Gasteiger partial charge on any atom is -0.444 e. The van der Waals surface area contributed by atoms with Crippen LogP contribution in [0.1, 0.15) is 83.7 Å². The van der Waals surface area contributed by atoms with E-state index in [1.165, 1.54) is 11.1 Å². The quantitative estimate of drug-likeness (QED) is 0.556. The van der Waals surface area contributed by atoms with Crippen LogP contribution in [0, 0.1) is 0 Å². The molecule has 37 heavy (non-hydrogen) atoms. The number of nitrogens with zero attached hydrogens (tertiary/aromatic N) is 2. The van der Waals surface area contributed by atoms with E-state index in [4.69, 9.17) is 4.74 Å². The summed E-state index contributed by atoms with van der Waals surface area (Å²) in [5, 5.41) is 3.73. The Kier molecular flexibility index (Phi) is 7.70. The Bertz CT molecular complexity index is 1080. The third-order valence-corrected chi connectivity index (χ3v) is 7.46. The Morgan fingerprint density at radius 1 is 0.973 bits per heavy atom. The van der Waals surface area contributed by atoms with Crippen molar-refractivity contribution in [1.29, 1.82) is 0 Å². The van der Waals surface area contributed by atoms with Gasteiger partial charge in [-0.15, -0.1) is 0 Å². The van der Waals surface area contributed by atoms with Crippen LogP contribution in [0.5, 0.6) is 0 Å². The number of benzene rings is 2. The molecule has 2 aromatic carbocycles. The number of hydrogen-bond acceptors (Lipinski definition) is 4. The third kappa shape index (κ3) is 6.35. The molecule has 6 heteroatoms. The first-order chi connectivity index (χ1) is 17.4. The molecular weight excluding hydrogens is 462 g/mol. The first-order valence-electron chi connectivity index (χ1n) is 13.6. The third-order valence-electron chi connectivity index (χ3n) is 7.46. The lowest BCUT2D eigenvalue weighted by molar-refractivity contribution is -0.134. The Morgan fingerprint density at radius 3 is 2.16 bits per heavy atom. The highest BCUT2D eigenvalue weighted by atomic mass is 16.6. The van der Waals surface area contributed by atoms with Crippen LogP contribution in [0.2, 0.25) is 0 Å². The first-order valence-corrected chi connectivity index (χ1v) is 13.6. The number of carbonyl (C=O) groups excluding carboxylic acids is 2. The van der Waals surface area contributed by atoms with E-state index in [1.807, 2.05) is 31.7 Å². The average Bonchev–Trinajstić information content (AvgIpc) is 3.10. The van der Waals surface area contributed by atoms with Crippen LogP contribution in [0.25, 0.3) is 0 Å². The van der Waals surface area contributed by atoms with E-state index in [1.54, 1.807) is 4.90 Å². The van der Waals surface area contributed by atoms with E-state index in [-0.39, 0.29) is 23.6 Å². The molecule has 2 aromatic rings. The van der Waals surface area contributed by atoms with Gasteiger partial charge in [-0.1, -0.05) is 75.4 Å². The van der Waals surface area contributed by atoms with Gasteiger partial charge < -0.3 is 14.5 Å². The van der Waals surface area contributed by atoms with Crippen LogP contribution < -0.4 is 5.32 Å². The molecule has 0 radical (unpaired) electrons. The summed E-state index contributed by atoms with van der Waals surface area (Å²) in [6.45, 7) is 13.9. The predicted molar refractivity (Wildman–Crippen MR) is 147 cm³/mol. The van der Waals surface area contributed by atoms with Gasteiger partial charge in [-0.2, -0.15) is 0 Å². The first kappa shape index (κ1) is 27.2. The number of aryl methyl sites for hydroxylation is 1. The summed E-state index contributed by atoms with van der Waals surface area (Å²) >= 11 is 0. The summed E-state index contributed by atoms with van der Waals surface area (Å²) in [5.74, 6) is 0.147. The van der Waals surface area contributed by atoms with Crippen molar-refractivity contribution in [2.45, 2.75) is 89.9 Å². The molecule has 2 saturated heterocycles. The lowest BCUT2D eigenvalue weighted by atomic mass is 9.86. The van der Waals surface area contributed by atoms with E-state index in [9.17, 15) is 9.59 Å². The molecule has 1 N–H and O–H groups in total. The molecule has 0 aliphatic carbocycles. The molecule has 1 unspecified atom stereocenters. The van der Waals surface area contributed by atoms with E-state index in [0.29, 0.717) is 32.5 Å². The Hall–Kier alpha value is -2.86. The summed E-state index contributed by atoms with van der Waals surface area (Å²) in [6, 6.07) is 19.1. The topological polar surface area (TPSA) is 61.9 Å². The largest absolute Gasteiger partial charge is 0.444 e. The lowest BCUT2D eigenvalue weighted by Crippen LogP contribution is -2.56. The molecule has 1 atom stereocenters. The fourth-order valence-corrected chi connectivity index (χ4v) is 5.31. The average molecular weight is 506 g/mol. The van der Waals surface area contributed by atoms with Gasteiger partial charge in [0.1, 0.15) is 17.3 Å². The van der Waals surface area contributed by atoms with Gasteiger partial charge in [0, 0.05) is 19.6 Å². The maximum Gasteiger partial charge on any atom is 0.410 e. The molecule has 2 aliphatic heterocycles. The molecule has 1 spiro atoms. The van der Waals surface area contributed by atoms with Gasteiger partial charge in [0.05, 0.1) is 0 Å². The maximum absolute atomic E-state index is 14.0. The van der Waals surface area contributed by atoms with Crippen LogP contribution in [0.3, 0.4) is 0 Å². The Balaban J connectivity index is 1.51. The molecule has 4 rings (SSSR count). The fourth-order valence-electron chi connectivity index (χ4n) is 5.31. The van der Waals surface area contributed by atoms with Gasteiger partial charge >= 0.3 is 6.09 Å². The van der Waals surface area contributed by atoms with Crippen molar-refractivity contribution < 1.29 is 14.3 Å². The van der Waals surface area contributed by atoms with Gasteiger partial charge in [-0.3, -0.25) is 10.1 Å². The number of piperidine rings is 1. The second-order valence-electron chi connectivity index (χ2n) is 12.6. The van der Waals surface area contributed by atoms with Gasteiger partial charge in [0.15, 0.2) is 0 Å². The van der Waals surface area contributed by atoms with Crippen LogP contribution in [-0.2, 0) is 21.4 Å². The zero-order valence-corrected chi connectivity index (χ0v) is 23.3. The second-order valence-corrected chi connectivity index (χ2v) is 12.6. The molecular formula is C31H43N3O3. The molecule has 0 saturated carbocycles. The van der Waals surface area contributed by atoms with E-state index in [2.05, 4.69) is 74.6 Å². The van der Waals surface area contributed by atoms with Gasteiger partial charge in [-0.25, -0.2) is 4.79 Å². The number of amides is 2. The SMILES string of the molecule is CC(C)(C)OC(=O)N1CCC2(CC1)NC(c1ccc(C(C)(C)C)cc1)N(CCCc1ccccc1)C2=O. The van der Waals surface area contributed by atoms with Gasteiger partial charge in [-0.05, 0) is 68.6 Å². The molecule has 2 amide bonds. The van der Waals surface area contributed by atoms with Crippen molar-refractivity contribution >= 4 is 12.0 Å². The highest BCUT2D eigenvalue weighted by Crippen LogP contribution is 2.38. The van der Waals surface area contributed by atoms with E-state index >= 15 is 0 Å². The van der Waals surface area contributed by atoms with Crippen LogP contribution >= 0.6 is 0 Å². The number of carbonyl (C=O) groups is 2. The molecule has 6 nitrogen and oxygen atoms in total. The molecule has 200 valence electrons. The molecule has 0 bridgehead atoms. The maximum atomic E-state index is 14.0. The summed E-state index contributed by atoms with van der Waals surface area (Å²) in [5.41, 5.74) is 2.55. The number of hydrogen-bond donors (Lipinski definition) is 1. The number of ether oxygens (including phenoxy) is 1. The minimum absolute atomic E-state index is 0.0720. The highest BCUT2D eigenvalue weighted by molar-refractivity contribution is 5.89. The normalized spacial score (nSPS) is 19.9. The minimum atomic E-state index is -0.654. The monoisotopic (exact) mass is 505 g/mol. The molecule has 0 aromatic heterocycles. The van der Waals surface area contributed by atoms with Crippen LogP contribution in [0.15, 0.2) is 54.6 Å². The Labute approximate surface area is 222 Å². The van der Waals surface area contributed by atoms with Gasteiger partial charge in [0.2, 0.25) is 5.91 Å². The highest BCUT2D eigenvalue weighted by Gasteiger charge is 2.53. The van der Waals surface area contributed by atoms with Crippen molar-refractivity contribution in [3.8, 4) is 0 Å². The zero-order chi connectivity index (χ0) is 26.8. The summed E-state index contributed by atoms with van der Waals surface area (Å²) in [7, 11) is 0. The van der Waals surface area contributed by atoms with Crippen molar-refractivity contribution in [3.05, 3.63) is 71.3 Å². The number of nitrogens with one attached hydrogen (secondary N) is 1.